The topological polar surface area (TPSA) is 68.7 Å². The Morgan fingerprint density at radius 1 is 1.11 bits per heavy atom. The molecule has 0 aliphatic carbocycles. The van der Waals surface area contributed by atoms with Crippen molar-refractivity contribution in [3.8, 4) is 11.6 Å². The zero-order chi connectivity index (χ0) is 26.1. The van der Waals surface area contributed by atoms with E-state index in [0.717, 1.165) is 6.07 Å². The second kappa shape index (κ2) is 9.92. The average Bonchev–Trinajstić information content (AvgIpc) is 2.84. The lowest BCUT2D eigenvalue weighted by molar-refractivity contribution is -0.190. The first-order chi connectivity index (χ1) is 17.0. The molecule has 1 unspecified atom stereocenters. The molecule has 36 heavy (non-hydrogen) atoms. The van der Waals surface area contributed by atoms with Gasteiger partial charge in [0.1, 0.15) is 0 Å². The van der Waals surface area contributed by atoms with Gasteiger partial charge in [0.15, 0.2) is 11.9 Å². The Kier molecular flexibility index (Phi) is 7.07. The normalized spacial score (nSPS) is 17.6. The highest BCUT2D eigenvalue weighted by Gasteiger charge is 2.48. The number of alkyl halides is 5. The summed E-state index contributed by atoms with van der Waals surface area (Å²) in [6, 6.07) is 13.9. The van der Waals surface area contributed by atoms with Crippen LogP contribution in [0.2, 0.25) is 0 Å². The molecule has 1 amide bonds. The summed E-state index contributed by atoms with van der Waals surface area (Å²) in [4.78, 5) is 30.4. The lowest BCUT2D eigenvalue weighted by Crippen LogP contribution is -2.55. The summed E-state index contributed by atoms with van der Waals surface area (Å²) < 4.78 is 78.0. The minimum Gasteiger partial charge on any atom is -0.463 e. The molecular formula is C24H19F5N2O4S. The summed E-state index contributed by atoms with van der Waals surface area (Å²) >= 11 is 1.32. The number of amides is 1. The van der Waals surface area contributed by atoms with Crippen molar-refractivity contribution in [2.75, 3.05) is 19.3 Å². The number of nitrogens with zero attached hydrogens (tertiary/aromatic N) is 2. The quantitative estimate of drug-likeness (QED) is 0.254. The number of hydrogen-bond acceptors (Lipinski definition) is 6. The molecule has 0 spiro atoms. The van der Waals surface area contributed by atoms with Gasteiger partial charge in [0, 0.05) is 23.2 Å². The predicted molar refractivity (Wildman–Crippen MR) is 122 cm³/mol. The molecule has 12 heteroatoms. The molecule has 1 aromatic heterocycles. The van der Waals surface area contributed by atoms with Crippen LogP contribution in [0.3, 0.4) is 0 Å². The number of ether oxygens (including phenoxy) is 2. The number of likely N-dealkylation sites (tertiary alicyclic amines) is 1. The Hall–Kier alpha value is -3.41. The van der Waals surface area contributed by atoms with Crippen molar-refractivity contribution in [1.82, 2.24) is 9.88 Å². The van der Waals surface area contributed by atoms with Crippen LogP contribution in [0.1, 0.15) is 16.8 Å². The first-order valence-electron chi connectivity index (χ1n) is 10.6. The number of thioether (sulfide) groups is 1. The third-order valence-corrected chi connectivity index (χ3v) is 6.34. The van der Waals surface area contributed by atoms with Crippen molar-refractivity contribution in [3.63, 3.8) is 0 Å². The van der Waals surface area contributed by atoms with Gasteiger partial charge in [0.2, 0.25) is 0 Å². The van der Waals surface area contributed by atoms with Crippen molar-refractivity contribution < 1.29 is 41.0 Å². The molecule has 6 nitrogen and oxygen atoms in total. The molecule has 2 heterocycles. The molecule has 1 atom stereocenters. The predicted octanol–water partition coefficient (Wildman–Crippen LogP) is 5.35. The number of hydrogen-bond donors (Lipinski definition) is 0. The zero-order valence-corrected chi connectivity index (χ0v) is 19.5. The third-order valence-electron chi connectivity index (χ3n) is 5.54. The van der Waals surface area contributed by atoms with Crippen LogP contribution in [0.15, 0.2) is 59.5 Å². The van der Waals surface area contributed by atoms with Crippen LogP contribution in [0.5, 0.6) is 11.6 Å². The van der Waals surface area contributed by atoms with Crippen molar-refractivity contribution in [3.05, 3.63) is 60.2 Å². The molecule has 1 saturated heterocycles. The molecule has 0 N–H and O–H groups in total. The number of carbonyl (C=O) groups is 2. The number of benzene rings is 2. The van der Waals surface area contributed by atoms with Gasteiger partial charge in [-0.3, -0.25) is 4.79 Å². The lowest BCUT2D eigenvalue weighted by Gasteiger charge is -2.38. The summed E-state index contributed by atoms with van der Waals surface area (Å²) in [6.45, 7) is -0.814. The molecule has 190 valence electrons. The number of halogens is 5. The fourth-order valence-electron chi connectivity index (χ4n) is 3.70. The zero-order valence-electron chi connectivity index (χ0n) is 18.7. The summed E-state index contributed by atoms with van der Waals surface area (Å²) in [6.07, 6.45) is -6.24. The maximum Gasteiger partial charge on any atom is 0.491 e. The Morgan fingerprint density at radius 2 is 1.81 bits per heavy atom. The monoisotopic (exact) mass is 526 g/mol. The first kappa shape index (κ1) is 25.7. The number of piperidine rings is 1. The van der Waals surface area contributed by atoms with Crippen LogP contribution >= 0.6 is 11.8 Å². The Morgan fingerprint density at radius 3 is 2.53 bits per heavy atom. The van der Waals surface area contributed by atoms with Crippen molar-refractivity contribution in [1.29, 1.82) is 0 Å². The molecule has 1 aliphatic rings. The highest BCUT2D eigenvalue weighted by molar-refractivity contribution is 7.98. The number of esters is 1. The largest absolute Gasteiger partial charge is 0.491 e. The highest BCUT2D eigenvalue weighted by Crippen LogP contribution is 2.37. The van der Waals surface area contributed by atoms with Crippen molar-refractivity contribution in [2.24, 2.45) is 0 Å². The van der Waals surface area contributed by atoms with Gasteiger partial charge >= 0.3 is 12.1 Å². The van der Waals surface area contributed by atoms with E-state index in [4.69, 9.17) is 4.74 Å². The van der Waals surface area contributed by atoms with Crippen molar-refractivity contribution >= 4 is 34.5 Å². The van der Waals surface area contributed by atoms with Gasteiger partial charge in [-0.05, 0) is 30.5 Å². The maximum atomic E-state index is 14.9. The maximum absolute atomic E-state index is 14.9. The van der Waals surface area contributed by atoms with E-state index in [1.807, 2.05) is 0 Å². The fourth-order valence-corrected chi connectivity index (χ4v) is 4.29. The summed E-state index contributed by atoms with van der Waals surface area (Å²) in [7, 11) is 0. The van der Waals surface area contributed by atoms with Gasteiger partial charge < -0.3 is 14.4 Å². The number of aromatic nitrogens is 1. The van der Waals surface area contributed by atoms with Gasteiger partial charge in [-0.2, -0.15) is 13.2 Å². The van der Waals surface area contributed by atoms with Crippen LogP contribution in [-0.2, 0) is 4.79 Å². The minimum absolute atomic E-state index is 0.222. The number of carbonyl (C=O) groups excluding carboxylic acids is 2. The van der Waals surface area contributed by atoms with E-state index in [-0.39, 0.29) is 12.1 Å². The number of pyridine rings is 1. The van der Waals surface area contributed by atoms with E-state index in [9.17, 15) is 31.5 Å². The molecular weight excluding hydrogens is 507 g/mol. The molecule has 1 aliphatic heterocycles. The fraction of sp³-hybridized carbons (Fsp3) is 0.292. The Balaban J connectivity index is 1.66. The second-order valence-electron chi connectivity index (χ2n) is 7.94. The minimum atomic E-state index is -5.33. The number of fused-ring (bicyclic) bond motifs is 1. The van der Waals surface area contributed by atoms with Gasteiger partial charge in [0.25, 0.3) is 17.7 Å². The van der Waals surface area contributed by atoms with Crippen LogP contribution in [-0.4, -0.2) is 59.3 Å². The molecule has 0 radical (unpaired) electrons. The van der Waals surface area contributed by atoms with Crippen LogP contribution in [0.4, 0.5) is 22.0 Å². The third kappa shape index (κ3) is 5.38. The highest BCUT2D eigenvalue weighted by atomic mass is 32.2. The lowest BCUT2D eigenvalue weighted by atomic mass is 10.0. The van der Waals surface area contributed by atoms with E-state index in [0.29, 0.717) is 15.8 Å². The Labute approximate surface area is 206 Å². The average molecular weight is 526 g/mol. The van der Waals surface area contributed by atoms with Gasteiger partial charge in [-0.1, -0.05) is 30.3 Å². The van der Waals surface area contributed by atoms with Crippen LogP contribution < -0.4 is 9.47 Å². The smallest absolute Gasteiger partial charge is 0.463 e. The first-order valence-corrected chi connectivity index (χ1v) is 11.9. The molecule has 2 aromatic carbocycles. The standard InChI is InChI=1S/C24H19F5N2O4S/c1-36-18-9-5-3-7-15(18)21(32)31-11-10-23(25,26)19(13-31)35-20-17(34-22(33)24(27,28)29)12-14-6-2-4-8-16(14)30-20/h2-9,12,19H,10-11,13H2,1H3. The summed E-state index contributed by atoms with van der Waals surface area (Å²) in [5.41, 5.74) is 0.554. The number of rotatable bonds is 5. The van der Waals surface area contributed by atoms with Crippen LogP contribution in [0.25, 0.3) is 10.9 Å². The molecule has 0 saturated carbocycles. The molecule has 1 fully saturated rings. The molecule has 3 aromatic rings. The van der Waals surface area contributed by atoms with E-state index in [2.05, 4.69) is 9.72 Å². The van der Waals surface area contributed by atoms with Crippen LogP contribution in [0, 0.1) is 0 Å². The van der Waals surface area contributed by atoms with E-state index in [1.54, 1.807) is 42.7 Å². The second-order valence-corrected chi connectivity index (χ2v) is 8.79. The van der Waals surface area contributed by atoms with Gasteiger partial charge in [0.05, 0.1) is 17.6 Å². The summed E-state index contributed by atoms with van der Waals surface area (Å²) in [5, 5.41) is 0.302. The SMILES string of the molecule is CSc1ccccc1C(=O)N1CCC(F)(F)C(Oc2nc3ccccc3cc2OC(=O)C(F)(F)F)C1. The van der Waals surface area contributed by atoms with Gasteiger partial charge in [-0.15, -0.1) is 11.8 Å². The van der Waals surface area contributed by atoms with Gasteiger partial charge in [-0.25, -0.2) is 18.6 Å². The van der Waals surface area contributed by atoms with E-state index >= 15 is 0 Å². The number of para-hydroxylation sites is 1. The Bertz CT molecular complexity index is 1300. The van der Waals surface area contributed by atoms with Crippen molar-refractivity contribution in [2.45, 2.75) is 29.5 Å². The van der Waals surface area contributed by atoms with E-state index in [1.165, 1.54) is 28.8 Å². The summed E-state index contributed by atoms with van der Waals surface area (Å²) in [5.74, 6) is -7.95. The molecule has 0 bridgehead atoms. The molecule has 4 rings (SSSR count). The van der Waals surface area contributed by atoms with E-state index < -0.39 is 54.7 Å².